The first-order chi connectivity index (χ1) is 8.24. The summed E-state index contributed by atoms with van der Waals surface area (Å²) in [6, 6.07) is 6.14. The van der Waals surface area contributed by atoms with Crippen molar-refractivity contribution in [2.45, 2.75) is 18.8 Å². The molecule has 1 fully saturated rings. The molecule has 0 amide bonds. The molecule has 3 heterocycles. The zero-order chi connectivity index (χ0) is 11.8. The summed E-state index contributed by atoms with van der Waals surface area (Å²) in [7, 11) is 2.19. The first kappa shape index (κ1) is 11.2. The Labute approximate surface area is 110 Å². The standard InChI is InChI=1S/C13H16BrN3/c1-16-7-5-10(6-8-16)11-9-17-12(14)3-2-4-13(17)15-11/h2-4,9-10H,5-8H2,1H3. The molecule has 3 nitrogen and oxygen atoms in total. The molecule has 0 radical (unpaired) electrons. The maximum absolute atomic E-state index is 4.74. The van der Waals surface area contributed by atoms with E-state index in [1.807, 2.05) is 12.1 Å². The van der Waals surface area contributed by atoms with Gasteiger partial charge in [-0.15, -0.1) is 0 Å². The Hall–Kier alpha value is -0.870. The molecule has 3 rings (SSSR count). The van der Waals surface area contributed by atoms with Crippen LogP contribution < -0.4 is 0 Å². The quantitative estimate of drug-likeness (QED) is 0.754. The van der Waals surface area contributed by atoms with Crippen LogP contribution in [0.1, 0.15) is 24.5 Å². The van der Waals surface area contributed by atoms with Gasteiger partial charge < -0.3 is 4.90 Å². The molecule has 0 saturated carbocycles. The molecule has 0 unspecified atom stereocenters. The second-order valence-corrected chi connectivity index (χ2v) is 5.63. The van der Waals surface area contributed by atoms with Gasteiger partial charge in [-0.05, 0) is 61.0 Å². The van der Waals surface area contributed by atoms with Crippen molar-refractivity contribution in [1.82, 2.24) is 14.3 Å². The van der Waals surface area contributed by atoms with Gasteiger partial charge in [0.15, 0.2) is 0 Å². The number of rotatable bonds is 1. The largest absolute Gasteiger partial charge is 0.306 e. The maximum atomic E-state index is 4.74. The van der Waals surface area contributed by atoms with E-state index >= 15 is 0 Å². The third kappa shape index (κ3) is 2.11. The molecule has 90 valence electrons. The van der Waals surface area contributed by atoms with E-state index in [0.717, 1.165) is 10.3 Å². The molecular weight excluding hydrogens is 278 g/mol. The van der Waals surface area contributed by atoms with Crippen LogP contribution in [0, 0.1) is 0 Å². The summed E-state index contributed by atoms with van der Waals surface area (Å²) in [6.07, 6.45) is 4.62. The van der Waals surface area contributed by atoms with Crippen LogP contribution in [0.15, 0.2) is 29.0 Å². The van der Waals surface area contributed by atoms with Crippen LogP contribution in [0.2, 0.25) is 0 Å². The topological polar surface area (TPSA) is 20.5 Å². The molecule has 17 heavy (non-hydrogen) atoms. The maximum Gasteiger partial charge on any atom is 0.137 e. The number of nitrogens with zero attached hydrogens (tertiary/aromatic N) is 3. The smallest absolute Gasteiger partial charge is 0.137 e. The molecule has 1 saturated heterocycles. The molecule has 1 aliphatic heterocycles. The predicted molar refractivity (Wildman–Crippen MR) is 72.4 cm³/mol. The Morgan fingerprint density at radius 2 is 2.06 bits per heavy atom. The average molecular weight is 294 g/mol. The molecular formula is C13H16BrN3. The third-order valence-electron chi connectivity index (χ3n) is 3.60. The highest BCUT2D eigenvalue weighted by Gasteiger charge is 2.20. The summed E-state index contributed by atoms with van der Waals surface area (Å²) in [4.78, 5) is 7.13. The molecule has 2 aromatic heterocycles. The van der Waals surface area contributed by atoms with Gasteiger partial charge in [0.1, 0.15) is 5.65 Å². The van der Waals surface area contributed by atoms with E-state index in [0.29, 0.717) is 5.92 Å². The first-order valence-corrected chi connectivity index (χ1v) is 6.85. The Bertz CT molecular complexity index is 526. The molecule has 0 aromatic carbocycles. The van der Waals surface area contributed by atoms with E-state index in [2.05, 4.69) is 44.5 Å². The van der Waals surface area contributed by atoms with Crippen molar-refractivity contribution < 1.29 is 0 Å². The molecule has 0 spiro atoms. The van der Waals surface area contributed by atoms with Gasteiger partial charge in [-0.1, -0.05) is 6.07 Å². The molecule has 2 aromatic rings. The minimum absolute atomic E-state index is 0.623. The number of hydrogen-bond donors (Lipinski definition) is 0. The molecule has 4 heteroatoms. The monoisotopic (exact) mass is 293 g/mol. The molecule has 0 N–H and O–H groups in total. The van der Waals surface area contributed by atoms with Crippen molar-refractivity contribution in [2.75, 3.05) is 20.1 Å². The van der Waals surface area contributed by atoms with Gasteiger partial charge in [-0.25, -0.2) is 4.98 Å². The lowest BCUT2D eigenvalue weighted by molar-refractivity contribution is 0.253. The highest BCUT2D eigenvalue weighted by atomic mass is 79.9. The predicted octanol–water partition coefficient (Wildman–Crippen LogP) is 2.91. The fraction of sp³-hybridized carbons (Fsp3) is 0.462. The van der Waals surface area contributed by atoms with Gasteiger partial charge in [0.25, 0.3) is 0 Å². The zero-order valence-electron chi connectivity index (χ0n) is 9.93. The lowest BCUT2D eigenvalue weighted by atomic mass is 9.94. The number of hydrogen-bond acceptors (Lipinski definition) is 2. The second kappa shape index (κ2) is 4.42. The van der Waals surface area contributed by atoms with E-state index < -0.39 is 0 Å². The van der Waals surface area contributed by atoms with Crippen molar-refractivity contribution in [3.05, 3.63) is 34.7 Å². The lowest BCUT2D eigenvalue weighted by Gasteiger charge is -2.27. The van der Waals surface area contributed by atoms with Crippen molar-refractivity contribution >= 4 is 21.6 Å². The summed E-state index contributed by atoms with van der Waals surface area (Å²) in [6.45, 7) is 2.36. The Morgan fingerprint density at radius 1 is 1.29 bits per heavy atom. The molecule has 0 aliphatic carbocycles. The zero-order valence-corrected chi connectivity index (χ0v) is 11.5. The number of fused-ring (bicyclic) bond motifs is 1. The van der Waals surface area contributed by atoms with Crippen LogP contribution in [-0.2, 0) is 0 Å². The van der Waals surface area contributed by atoms with Crippen molar-refractivity contribution in [3.63, 3.8) is 0 Å². The average Bonchev–Trinajstić information content (AvgIpc) is 2.75. The number of imidazole rings is 1. The van der Waals surface area contributed by atoms with E-state index in [1.165, 1.54) is 31.6 Å². The van der Waals surface area contributed by atoms with E-state index in [9.17, 15) is 0 Å². The summed E-state index contributed by atoms with van der Waals surface area (Å²) < 4.78 is 3.19. The number of aromatic nitrogens is 2. The highest BCUT2D eigenvalue weighted by molar-refractivity contribution is 9.10. The number of likely N-dealkylation sites (tertiary alicyclic amines) is 1. The second-order valence-electron chi connectivity index (χ2n) is 4.82. The number of pyridine rings is 1. The van der Waals surface area contributed by atoms with E-state index in [-0.39, 0.29) is 0 Å². The minimum atomic E-state index is 0.623. The van der Waals surface area contributed by atoms with Gasteiger partial charge >= 0.3 is 0 Å². The van der Waals surface area contributed by atoms with Crippen LogP contribution in [0.25, 0.3) is 5.65 Å². The fourth-order valence-corrected chi connectivity index (χ4v) is 2.93. The number of piperidine rings is 1. The van der Waals surface area contributed by atoms with Crippen LogP contribution in [0.5, 0.6) is 0 Å². The highest BCUT2D eigenvalue weighted by Crippen LogP contribution is 2.27. The third-order valence-corrected chi connectivity index (χ3v) is 4.24. The Morgan fingerprint density at radius 3 is 2.76 bits per heavy atom. The normalized spacial score (nSPS) is 18.9. The fourth-order valence-electron chi connectivity index (χ4n) is 2.50. The summed E-state index contributed by atoms with van der Waals surface area (Å²) in [5.41, 5.74) is 2.28. The molecule has 0 bridgehead atoms. The van der Waals surface area contributed by atoms with Crippen molar-refractivity contribution in [1.29, 1.82) is 0 Å². The van der Waals surface area contributed by atoms with Gasteiger partial charge in [-0.2, -0.15) is 0 Å². The summed E-state index contributed by atoms with van der Waals surface area (Å²) in [5, 5.41) is 0. The van der Waals surface area contributed by atoms with Crippen LogP contribution in [0.3, 0.4) is 0 Å². The SMILES string of the molecule is CN1CCC(c2cn3c(Br)cccc3n2)CC1. The minimum Gasteiger partial charge on any atom is -0.306 e. The van der Waals surface area contributed by atoms with Crippen LogP contribution in [0.4, 0.5) is 0 Å². The van der Waals surface area contributed by atoms with Gasteiger partial charge in [0.2, 0.25) is 0 Å². The summed E-state index contributed by atoms with van der Waals surface area (Å²) >= 11 is 3.56. The van der Waals surface area contributed by atoms with Gasteiger partial charge in [0.05, 0.1) is 10.3 Å². The molecule has 1 aliphatic rings. The van der Waals surface area contributed by atoms with Crippen molar-refractivity contribution in [2.24, 2.45) is 0 Å². The first-order valence-electron chi connectivity index (χ1n) is 6.06. The Balaban J connectivity index is 1.93. The Kier molecular flexibility index (Phi) is 2.92. The van der Waals surface area contributed by atoms with Crippen molar-refractivity contribution in [3.8, 4) is 0 Å². The van der Waals surface area contributed by atoms with E-state index in [1.54, 1.807) is 0 Å². The van der Waals surface area contributed by atoms with Gasteiger partial charge in [0, 0.05) is 12.1 Å². The van der Waals surface area contributed by atoms with Crippen LogP contribution in [-0.4, -0.2) is 34.4 Å². The van der Waals surface area contributed by atoms with Crippen LogP contribution >= 0.6 is 15.9 Å². The number of halogens is 1. The lowest BCUT2D eigenvalue weighted by Crippen LogP contribution is -2.29. The van der Waals surface area contributed by atoms with E-state index in [4.69, 9.17) is 4.98 Å². The summed E-state index contributed by atoms with van der Waals surface area (Å²) in [5.74, 6) is 0.623. The molecule has 0 atom stereocenters. The van der Waals surface area contributed by atoms with Gasteiger partial charge in [-0.3, -0.25) is 4.40 Å².